The molecule has 112 valence electrons. The zero-order valence-electron chi connectivity index (χ0n) is 12.1. The molecule has 1 aromatic carbocycles. The minimum atomic E-state index is -0.522. The maximum atomic E-state index is 12.3. The van der Waals surface area contributed by atoms with E-state index in [1.54, 1.807) is 26.0 Å². The van der Waals surface area contributed by atoms with Gasteiger partial charge < -0.3 is 14.8 Å². The summed E-state index contributed by atoms with van der Waals surface area (Å²) in [5.74, 6) is -0.427. The van der Waals surface area contributed by atoms with Crippen LogP contribution in [-0.4, -0.2) is 22.7 Å². The standard InChI is InChI=1S/C16H14N2O3S/c1-3-21-16(20)13-9(2)18-15(22)12(8-17)14(13)10-4-6-11(19)7-5-10/h4-7,19H,3H2,1-2H3,(H,18,22). The van der Waals surface area contributed by atoms with E-state index in [-0.39, 0.29) is 28.1 Å². The summed E-state index contributed by atoms with van der Waals surface area (Å²) >= 11 is 5.18. The number of phenols is 1. The van der Waals surface area contributed by atoms with Crippen LogP contribution in [0.15, 0.2) is 24.3 Å². The summed E-state index contributed by atoms with van der Waals surface area (Å²) in [6, 6.07) is 8.26. The Balaban J connectivity index is 2.83. The second-order valence-electron chi connectivity index (χ2n) is 4.58. The molecule has 0 saturated carbocycles. The number of aromatic hydroxyl groups is 1. The van der Waals surface area contributed by atoms with Gasteiger partial charge in [0.2, 0.25) is 0 Å². The lowest BCUT2D eigenvalue weighted by Gasteiger charge is -2.14. The fraction of sp³-hybridized carbons (Fsp3) is 0.188. The number of aryl methyl sites for hydroxylation is 1. The van der Waals surface area contributed by atoms with Gasteiger partial charge in [0.15, 0.2) is 0 Å². The number of aromatic nitrogens is 1. The number of aromatic amines is 1. The summed E-state index contributed by atoms with van der Waals surface area (Å²) in [7, 11) is 0. The van der Waals surface area contributed by atoms with Crippen LogP contribution in [0.1, 0.15) is 28.5 Å². The number of nitrogens with one attached hydrogen (secondary N) is 1. The molecule has 0 saturated heterocycles. The molecule has 2 rings (SSSR count). The molecule has 22 heavy (non-hydrogen) atoms. The molecule has 5 nitrogen and oxygen atoms in total. The Hall–Kier alpha value is -2.65. The fourth-order valence-corrected chi connectivity index (χ4v) is 2.50. The van der Waals surface area contributed by atoms with Crippen molar-refractivity contribution < 1.29 is 14.6 Å². The molecule has 0 atom stereocenters. The van der Waals surface area contributed by atoms with E-state index in [0.29, 0.717) is 16.8 Å². The number of H-pyrrole nitrogens is 1. The van der Waals surface area contributed by atoms with Crippen molar-refractivity contribution >= 4 is 18.2 Å². The molecule has 0 amide bonds. The van der Waals surface area contributed by atoms with Crippen molar-refractivity contribution in [1.29, 1.82) is 5.26 Å². The van der Waals surface area contributed by atoms with Crippen molar-refractivity contribution in [3.63, 3.8) is 0 Å². The van der Waals surface area contributed by atoms with Crippen LogP contribution in [0.25, 0.3) is 11.1 Å². The SMILES string of the molecule is CCOC(=O)c1c(C)[nH]c(=S)c(C#N)c1-c1ccc(O)cc1. The molecular formula is C16H14N2O3S. The number of hydrogen-bond donors (Lipinski definition) is 2. The minimum Gasteiger partial charge on any atom is -0.508 e. The maximum Gasteiger partial charge on any atom is 0.340 e. The number of rotatable bonds is 3. The molecule has 6 heteroatoms. The first-order valence-electron chi connectivity index (χ1n) is 6.63. The van der Waals surface area contributed by atoms with Crippen molar-refractivity contribution in [2.75, 3.05) is 6.61 Å². The number of benzene rings is 1. The van der Waals surface area contributed by atoms with Crippen molar-refractivity contribution in [3.05, 3.63) is 45.7 Å². The predicted molar refractivity (Wildman–Crippen MR) is 84.1 cm³/mol. The van der Waals surface area contributed by atoms with E-state index in [1.165, 1.54) is 12.1 Å². The molecule has 2 aromatic rings. The largest absolute Gasteiger partial charge is 0.508 e. The number of nitrogens with zero attached hydrogens (tertiary/aromatic N) is 1. The van der Waals surface area contributed by atoms with E-state index < -0.39 is 5.97 Å². The molecule has 0 radical (unpaired) electrons. The maximum absolute atomic E-state index is 12.3. The molecule has 0 aliphatic carbocycles. The number of carbonyl (C=O) groups excluding carboxylic acids is 1. The van der Waals surface area contributed by atoms with E-state index in [1.807, 2.05) is 6.07 Å². The van der Waals surface area contributed by atoms with E-state index in [2.05, 4.69) is 4.98 Å². The summed E-state index contributed by atoms with van der Waals surface area (Å²) in [4.78, 5) is 15.1. The normalized spacial score (nSPS) is 10.0. The highest BCUT2D eigenvalue weighted by Gasteiger charge is 2.22. The van der Waals surface area contributed by atoms with Gasteiger partial charge in [-0.25, -0.2) is 4.79 Å². The Morgan fingerprint density at radius 2 is 2.05 bits per heavy atom. The number of phenolic OH excluding ortho intramolecular Hbond substituents is 1. The number of pyridine rings is 1. The van der Waals surface area contributed by atoms with E-state index in [4.69, 9.17) is 17.0 Å². The zero-order chi connectivity index (χ0) is 16.3. The molecule has 0 spiro atoms. The Labute approximate surface area is 132 Å². The number of nitriles is 1. The number of carbonyl (C=O) groups is 1. The number of ether oxygens (including phenoxy) is 1. The van der Waals surface area contributed by atoms with Gasteiger partial charge in [0, 0.05) is 11.3 Å². The minimum absolute atomic E-state index is 0.0951. The van der Waals surface area contributed by atoms with Crippen LogP contribution in [0.5, 0.6) is 5.75 Å². The molecule has 0 aliphatic rings. The second-order valence-corrected chi connectivity index (χ2v) is 4.99. The molecule has 0 unspecified atom stereocenters. The van der Waals surface area contributed by atoms with Crippen LogP contribution in [0.3, 0.4) is 0 Å². The van der Waals surface area contributed by atoms with Gasteiger partial charge in [-0.15, -0.1) is 0 Å². The van der Waals surface area contributed by atoms with Gasteiger partial charge in [0.25, 0.3) is 0 Å². The van der Waals surface area contributed by atoms with Gasteiger partial charge in [-0.3, -0.25) is 0 Å². The van der Waals surface area contributed by atoms with Crippen molar-refractivity contribution in [2.24, 2.45) is 0 Å². The van der Waals surface area contributed by atoms with Crippen LogP contribution >= 0.6 is 12.2 Å². The monoisotopic (exact) mass is 314 g/mol. The third kappa shape index (κ3) is 2.85. The number of hydrogen-bond acceptors (Lipinski definition) is 5. The Morgan fingerprint density at radius 3 is 2.59 bits per heavy atom. The van der Waals surface area contributed by atoms with Gasteiger partial charge in [-0.1, -0.05) is 24.4 Å². The summed E-state index contributed by atoms with van der Waals surface area (Å²) in [6.07, 6.45) is 0. The summed E-state index contributed by atoms with van der Waals surface area (Å²) < 4.78 is 5.34. The predicted octanol–water partition coefficient (Wildman–Crippen LogP) is 3.47. The van der Waals surface area contributed by atoms with Gasteiger partial charge >= 0.3 is 5.97 Å². The van der Waals surface area contributed by atoms with Crippen LogP contribution in [0.4, 0.5) is 0 Å². The highest BCUT2D eigenvalue weighted by atomic mass is 32.1. The first-order chi connectivity index (χ1) is 10.5. The van der Waals surface area contributed by atoms with E-state index in [0.717, 1.165) is 0 Å². The third-order valence-electron chi connectivity index (χ3n) is 3.15. The van der Waals surface area contributed by atoms with Crippen molar-refractivity contribution in [3.8, 4) is 22.9 Å². The lowest BCUT2D eigenvalue weighted by molar-refractivity contribution is 0.0526. The average molecular weight is 314 g/mol. The third-order valence-corrected chi connectivity index (χ3v) is 3.46. The molecule has 1 aromatic heterocycles. The van der Waals surface area contributed by atoms with Gasteiger partial charge in [0.05, 0.1) is 17.7 Å². The summed E-state index contributed by atoms with van der Waals surface area (Å²) in [6.45, 7) is 3.64. The summed E-state index contributed by atoms with van der Waals surface area (Å²) in [5.41, 5.74) is 2.04. The van der Waals surface area contributed by atoms with Gasteiger partial charge in [-0.05, 0) is 31.5 Å². The molecule has 2 N–H and O–H groups in total. The molecule has 0 aliphatic heterocycles. The average Bonchev–Trinajstić information content (AvgIpc) is 2.47. The fourth-order valence-electron chi connectivity index (χ4n) is 2.20. The molecule has 1 heterocycles. The Bertz CT molecular complexity index is 817. The van der Waals surface area contributed by atoms with E-state index >= 15 is 0 Å². The molecule has 0 bridgehead atoms. The van der Waals surface area contributed by atoms with Crippen molar-refractivity contribution in [1.82, 2.24) is 4.98 Å². The molecular weight excluding hydrogens is 300 g/mol. The highest BCUT2D eigenvalue weighted by Crippen LogP contribution is 2.31. The highest BCUT2D eigenvalue weighted by molar-refractivity contribution is 7.71. The van der Waals surface area contributed by atoms with E-state index in [9.17, 15) is 15.2 Å². The zero-order valence-corrected chi connectivity index (χ0v) is 13.0. The Morgan fingerprint density at radius 1 is 1.41 bits per heavy atom. The smallest absolute Gasteiger partial charge is 0.340 e. The first kappa shape index (κ1) is 15.7. The summed E-state index contributed by atoms with van der Waals surface area (Å²) in [5, 5.41) is 18.8. The lowest BCUT2D eigenvalue weighted by Crippen LogP contribution is -2.11. The van der Waals surface area contributed by atoms with Crippen LogP contribution in [-0.2, 0) is 4.74 Å². The number of esters is 1. The van der Waals surface area contributed by atoms with Gasteiger partial charge in [0.1, 0.15) is 16.5 Å². The first-order valence-corrected chi connectivity index (χ1v) is 7.03. The quantitative estimate of drug-likeness (QED) is 0.669. The van der Waals surface area contributed by atoms with Crippen LogP contribution in [0, 0.1) is 22.9 Å². The van der Waals surface area contributed by atoms with Crippen LogP contribution in [0.2, 0.25) is 0 Å². The molecule has 0 fully saturated rings. The van der Waals surface area contributed by atoms with Crippen molar-refractivity contribution in [2.45, 2.75) is 13.8 Å². The topological polar surface area (TPSA) is 86.1 Å². The van der Waals surface area contributed by atoms with Gasteiger partial charge in [-0.2, -0.15) is 5.26 Å². The lowest BCUT2D eigenvalue weighted by atomic mass is 9.95. The Kier molecular flexibility index (Phi) is 4.59. The second kappa shape index (κ2) is 6.41. The van der Waals surface area contributed by atoms with Crippen LogP contribution < -0.4 is 0 Å².